The summed E-state index contributed by atoms with van der Waals surface area (Å²) in [5, 5.41) is 0. The predicted octanol–water partition coefficient (Wildman–Crippen LogP) is 4.04. The van der Waals surface area contributed by atoms with E-state index in [0.29, 0.717) is 13.1 Å². The number of benzene rings is 2. The summed E-state index contributed by atoms with van der Waals surface area (Å²) in [5.41, 5.74) is 3.86. The van der Waals surface area contributed by atoms with Crippen molar-refractivity contribution in [3.05, 3.63) is 65.7 Å². The number of amides is 1. The highest BCUT2D eigenvalue weighted by Crippen LogP contribution is 2.34. The first-order valence-corrected chi connectivity index (χ1v) is 10.1. The molecule has 142 valence electrons. The van der Waals surface area contributed by atoms with E-state index < -0.39 is 0 Å². The first-order chi connectivity index (χ1) is 13.2. The minimum atomic E-state index is 0.225. The van der Waals surface area contributed by atoms with Crippen LogP contribution in [0.1, 0.15) is 42.9 Å². The van der Waals surface area contributed by atoms with Gasteiger partial charge in [-0.1, -0.05) is 42.5 Å². The number of rotatable bonds is 6. The molecule has 2 saturated heterocycles. The summed E-state index contributed by atoms with van der Waals surface area (Å²) in [4.78, 5) is 18.8. The Bertz CT molecular complexity index is 753. The fourth-order valence-electron chi connectivity index (χ4n) is 4.19. The van der Waals surface area contributed by atoms with Crippen LogP contribution >= 0.6 is 0 Å². The molecule has 0 aromatic heterocycles. The molecule has 2 aliphatic rings. The van der Waals surface area contributed by atoms with Crippen molar-refractivity contribution in [3.63, 3.8) is 0 Å². The maximum atomic E-state index is 12.1. The normalized spacial score (nSPS) is 20.1. The second kappa shape index (κ2) is 8.13. The zero-order valence-electron chi connectivity index (χ0n) is 16.2. The van der Waals surface area contributed by atoms with E-state index in [9.17, 15) is 4.79 Å². The lowest BCUT2D eigenvalue weighted by molar-refractivity contribution is -0.149. The average molecular weight is 364 g/mol. The summed E-state index contributed by atoms with van der Waals surface area (Å²) >= 11 is 0. The molecule has 2 aromatic carbocycles. The zero-order valence-corrected chi connectivity index (χ0v) is 16.2. The van der Waals surface area contributed by atoms with Crippen LogP contribution in [0.5, 0.6) is 0 Å². The molecule has 4 nitrogen and oxygen atoms in total. The topological polar surface area (TPSA) is 26.8 Å². The van der Waals surface area contributed by atoms with Gasteiger partial charge in [-0.25, -0.2) is 0 Å². The molecular formula is C23H29N3O. The SMILES string of the molecule is CN(Cc1ccc(N2CCCCC2)cc1)CN1C(=O)CC1c1ccccc1. The van der Waals surface area contributed by atoms with E-state index in [2.05, 4.69) is 53.2 Å². The third-order valence-corrected chi connectivity index (χ3v) is 5.75. The number of carbonyl (C=O) groups excluding carboxylic acids is 1. The van der Waals surface area contributed by atoms with Gasteiger partial charge in [-0.05, 0) is 49.6 Å². The largest absolute Gasteiger partial charge is 0.372 e. The number of hydrogen-bond donors (Lipinski definition) is 0. The van der Waals surface area contributed by atoms with Crippen LogP contribution < -0.4 is 4.90 Å². The molecule has 27 heavy (non-hydrogen) atoms. The van der Waals surface area contributed by atoms with Gasteiger partial charge >= 0.3 is 0 Å². The van der Waals surface area contributed by atoms with Crippen LogP contribution in [0, 0.1) is 0 Å². The van der Waals surface area contributed by atoms with Crippen molar-refractivity contribution < 1.29 is 4.79 Å². The fourth-order valence-corrected chi connectivity index (χ4v) is 4.19. The van der Waals surface area contributed by atoms with Gasteiger partial charge in [0.05, 0.1) is 19.1 Å². The Labute approximate surface area is 162 Å². The predicted molar refractivity (Wildman–Crippen MR) is 109 cm³/mol. The van der Waals surface area contributed by atoms with E-state index in [-0.39, 0.29) is 11.9 Å². The van der Waals surface area contributed by atoms with Crippen LogP contribution in [0.4, 0.5) is 5.69 Å². The molecule has 4 heteroatoms. The molecule has 0 saturated carbocycles. The van der Waals surface area contributed by atoms with Crippen LogP contribution in [0.15, 0.2) is 54.6 Å². The highest BCUT2D eigenvalue weighted by atomic mass is 16.2. The number of hydrogen-bond acceptors (Lipinski definition) is 3. The number of piperidine rings is 1. The van der Waals surface area contributed by atoms with Crippen LogP contribution in [0.25, 0.3) is 0 Å². The summed E-state index contributed by atoms with van der Waals surface area (Å²) in [6, 6.07) is 19.5. The van der Waals surface area contributed by atoms with E-state index in [1.807, 2.05) is 23.1 Å². The molecule has 4 rings (SSSR count). The summed E-state index contributed by atoms with van der Waals surface area (Å²) in [6.07, 6.45) is 4.59. The molecular weight excluding hydrogens is 334 g/mol. The Morgan fingerprint density at radius 2 is 1.67 bits per heavy atom. The van der Waals surface area contributed by atoms with Crippen molar-refractivity contribution in [2.24, 2.45) is 0 Å². The Morgan fingerprint density at radius 3 is 2.33 bits per heavy atom. The molecule has 1 amide bonds. The maximum Gasteiger partial charge on any atom is 0.226 e. The average Bonchev–Trinajstić information content (AvgIpc) is 2.72. The number of nitrogens with zero attached hydrogens (tertiary/aromatic N) is 3. The molecule has 2 aliphatic heterocycles. The van der Waals surface area contributed by atoms with Gasteiger partial charge in [-0.15, -0.1) is 0 Å². The second-order valence-corrected chi connectivity index (χ2v) is 7.86. The Kier molecular flexibility index (Phi) is 5.44. The molecule has 2 heterocycles. The standard InChI is InChI=1S/C23H29N3O/c1-24(18-26-22(16-23(26)27)20-8-4-2-5-9-20)17-19-10-12-21(13-11-19)25-14-6-3-7-15-25/h2,4-5,8-13,22H,3,6-7,14-18H2,1H3. The van der Waals surface area contributed by atoms with Crippen molar-refractivity contribution in [2.45, 2.75) is 38.3 Å². The Balaban J connectivity index is 1.33. The first kappa shape index (κ1) is 18.1. The molecule has 0 bridgehead atoms. The van der Waals surface area contributed by atoms with Gasteiger partial charge in [0, 0.05) is 25.3 Å². The van der Waals surface area contributed by atoms with Crippen LogP contribution in [-0.4, -0.2) is 42.5 Å². The third kappa shape index (κ3) is 4.16. The van der Waals surface area contributed by atoms with Gasteiger partial charge in [-0.2, -0.15) is 0 Å². The Morgan fingerprint density at radius 1 is 0.963 bits per heavy atom. The van der Waals surface area contributed by atoms with Gasteiger partial charge in [0.25, 0.3) is 0 Å². The molecule has 0 radical (unpaired) electrons. The molecule has 0 N–H and O–H groups in total. The highest BCUT2D eigenvalue weighted by Gasteiger charge is 2.37. The molecule has 2 aromatic rings. The fraction of sp³-hybridized carbons (Fsp3) is 0.435. The van der Waals surface area contributed by atoms with E-state index in [1.165, 1.54) is 49.2 Å². The number of carbonyl (C=O) groups is 1. The zero-order chi connectivity index (χ0) is 18.6. The van der Waals surface area contributed by atoms with Gasteiger partial charge in [-0.3, -0.25) is 9.69 Å². The first-order valence-electron chi connectivity index (χ1n) is 10.1. The van der Waals surface area contributed by atoms with Gasteiger partial charge in [0.1, 0.15) is 0 Å². The quantitative estimate of drug-likeness (QED) is 0.725. The monoisotopic (exact) mass is 363 g/mol. The molecule has 0 spiro atoms. The minimum Gasteiger partial charge on any atom is -0.372 e. The van der Waals surface area contributed by atoms with Crippen molar-refractivity contribution in [1.29, 1.82) is 0 Å². The smallest absolute Gasteiger partial charge is 0.226 e. The van der Waals surface area contributed by atoms with E-state index in [0.717, 1.165) is 6.54 Å². The van der Waals surface area contributed by atoms with Crippen LogP contribution in [0.3, 0.4) is 0 Å². The summed E-state index contributed by atoms with van der Waals surface area (Å²) in [6.45, 7) is 3.88. The summed E-state index contributed by atoms with van der Waals surface area (Å²) in [7, 11) is 2.09. The lowest BCUT2D eigenvalue weighted by atomic mass is 9.94. The van der Waals surface area contributed by atoms with Crippen molar-refractivity contribution >= 4 is 11.6 Å². The third-order valence-electron chi connectivity index (χ3n) is 5.75. The molecule has 0 aliphatic carbocycles. The molecule has 1 atom stereocenters. The van der Waals surface area contributed by atoms with Gasteiger partial charge in [0.15, 0.2) is 0 Å². The van der Waals surface area contributed by atoms with E-state index in [4.69, 9.17) is 0 Å². The lowest BCUT2D eigenvalue weighted by Gasteiger charge is -2.42. The number of likely N-dealkylation sites (tertiary alicyclic amines) is 1. The van der Waals surface area contributed by atoms with E-state index >= 15 is 0 Å². The van der Waals surface area contributed by atoms with E-state index in [1.54, 1.807) is 0 Å². The van der Waals surface area contributed by atoms with Gasteiger partial charge in [0.2, 0.25) is 5.91 Å². The molecule has 2 fully saturated rings. The number of anilines is 1. The van der Waals surface area contributed by atoms with Crippen LogP contribution in [0.2, 0.25) is 0 Å². The summed E-state index contributed by atoms with van der Waals surface area (Å²) < 4.78 is 0. The summed E-state index contributed by atoms with van der Waals surface area (Å²) in [5.74, 6) is 0.246. The molecule has 1 unspecified atom stereocenters. The van der Waals surface area contributed by atoms with Crippen LogP contribution in [-0.2, 0) is 11.3 Å². The van der Waals surface area contributed by atoms with Crippen molar-refractivity contribution in [1.82, 2.24) is 9.80 Å². The second-order valence-electron chi connectivity index (χ2n) is 7.86. The Hall–Kier alpha value is -2.33. The van der Waals surface area contributed by atoms with Gasteiger partial charge < -0.3 is 9.80 Å². The maximum absolute atomic E-state index is 12.1. The lowest BCUT2D eigenvalue weighted by Crippen LogP contribution is -2.50. The highest BCUT2D eigenvalue weighted by molar-refractivity contribution is 5.83. The van der Waals surface area contributed by atoms with Crippen molar-refractivity contribution in [2.75, 3.05) is 31.7 Å². The minimum absolute atomic E-state index is 0.225. The number of β-lactam (4-membered cyclic amide) rings is 1. The van der Waals surface area contributed by atoms with Crippen molar-refractivity contribution in [3.8, 4) is 0 Å².